The van der Waals surface area contributed by atoms with Crippen LogP contribution in [0.25, 0.3) is 0 Å². The Labute approximate surface area is 77.4 Å². The van der Waals surface area contributed by atoms with E-state index < -0.39 is 0 Å². The monoisotopic (exact) mass is 185 g/mol. The van der Waals surface area contributed by atoms with Gasteiger partial charge in [-0.3, -0.25) is 5.84 Å². The molecule has 74 valence electrons. The predicted octanol–water partition coefficient (Wildman–Crippen LogP) is -0.223. The first-order valence-electron chi connectivity index (χ1n) is 4.71. The predicted molar refractivity (Wildman–Crippen MR) is 46.8 cm³/mol. The van der Waals surface area contributed by atoms with E-state index in [1.54, 1.807) is 9.91 Å². The molecular weight excluding hydrogens is 170 g/mol. The Kier molecular flexibility index (Phi) is 2.37. The molecule has 0 unspecified atom stereocenters. The molecule has 0 aromatic rings. The Balaban J connectivity index is 1.75. The van der Waals surface area contributed by atoms with Gasteiger partial charge in [-0.1, -0.05) is 0 Å². The van der Waals surface area contributed by atoms with Gasteiger partial charge in [-0.25, -0.2) is 9.80 Å². The molecule has 1 aliphatic heterocycles. The van der Waals surface area contributed by atoms with E-state index in [9.17, 15) is 4.79 Å². The number of piperazine rings is 1. The molecule has 5 nitrogen and oxygen atoms in total. The second kappa shape index (κ2) is 3.51. The topological polar surface area (TPSA) is 58.8 Å². The Hall–Kier alpha value is -0.810. The van der Waals surface area contributed by atoms with Crippen molar-refractivity contribution in [2.45, 2.75) is 18.9 Å². The lowest BCUT2D eigenvalue weighted by molar-refractivity contribution is 0.0716. The third-order valence-electron chi connectivity index (χ3n) is 2.36. The maximum atomic E-state index is 11.4. The molecule has 0 aromatic heterocycles. The van der Waals surface area contributed by atoms with Crippen LogP contribution in [0, 0.1) is 0 Å². The molecule has 0 radical (unpaired) electrons. The van der Waals surface area contributed by atoms with Gasteiger partial charge in [0.15, 0.2) is 0 Å². The van der Waals surface area contributed by atoms with Crippen molar-refractivity contribution in [2.75, 3.05) is 26.2 Å². The molecule has 1 amide bonds. The van der Waals surface area contributed by atoms with Gasteiger partial charge >= 0.3 is 6.09 Å². The van der Waals surface area contributed by atoms with Crippen molar-refractivity contribution >= 4 is 6.09 Å². The average Bonchev–Trinajstić information content (AvgIpc) is 2.89. The van der Waals surface area contributed by atoms with Crippen LogP contribution in [0.5, 0.6) is 0 Å². The first-order chi connectivity index (χ1) is 6.25. The number of carbonyl (C=O) groups is 1. The van der Waals surface area contributed by atoms with Gasteiger partial charge in [0.1, 0.15) is 6.10 Å². The second-order valence-corrected chi connectivity index (χ2v) is 3.61. The molecule has 2 fully saturated rings. The van der Waals surface area contributed by atoms with Crippen molar-refractivity contribution in [2.24, 2.45) is 5.84 Å². The van der Waals surface area contributed by atoms with Crippen LogP contribution >= 0.6 is 0 Å². The van der Waals surface area contributed by atoms with E-state index >= 15 is 0 Å². The highest BCUT2D eigenvalue weighted by atomic mass is 16.6. The average molecular weight is 185 g/mol. The zero-order chi connectivity index (χ0) is 9.26. The maximum absolute atomic E-state index is 11.4. The molecular formula is C8H15N3O2. The van der Waals surface area contributed by atoms with E-state index in [0.29, 0.717) is 13.1 Å². The zero-order valence-electron chi connectivity index (χ0n) is 7.61. The highest BCUT2D eigenvalue weighted by Crippen LogP contribution is 2.24. The van der Waals surface area contributed by atoms with Crippen molar-refractivity contribution in [3.63, 3.8) is 0 Å². The number of amides is 1. The number of hydrogen-bond acceptors (Lipinski definition) is 4. The second-order valence-electron chi connectivity index (χ2n) is 3.61. The summed E-state index contributed by atoms with van der Waals surface area (Å²) in [6.07, 6.45) is 2.09. The summed E-state index contributed by atoms with van der Waals surface area (Å²) in [5.74, 6) is 5.57. The van der Waals surface area contributed by atoms with Gasteiger partial charge in [-0.15, -0.1) is 0 Å². The summed E-state index contributed by atoms with van der Waals surface area (Å²) in [6.45, 7) is 2.84. The summed E-state index contributed by atoms with van der Waals surface area (Å²) in [4.78, 5) is 13.1. The Morgan fingerprint density at radius 2 is 1.85 bits per heavy atom. The SMILES string of the molecule is NN1CCN(C(=O)OC2CC2)CC1. The van der Waals surface area contributed by atoms with Gasteiger partial charge < -0.3 is 9.64 Å². The van der Waals surface area contributed by atoms with Gasteiger partial charge in [0.2, 0.25) is 0 Å². The molecule has 1 saturated carbocycles. The fourth-order valence-corrected chi connectivity index (χ4v) is 1.31. The summed E-state index contributed by atoms with van der Waals surface area (Å²) in [5, 5.41) is 1.72. The Morgan fingerprint density at radius 3 is 2.38 bits per heavy atom. The van der Waals surface area contributed by atoms with Crippen LogP contribution in [0.15, 0.2) is 0 Å². The van der Waals surface area contributed by atoms with Crippen LogP contribution < -0.4 is 5.84 Å². The van der Waals surface area contributed by atoms with Gasteiger partial charge in [-0.2, -0.15) is 0 Å². The zero-order valence-corrected chi connectivity index (χ0v) is 7.61. The molecule has 0 bridgehead atoms. The van der Waals surface area contributed by atoms with Crippen LogP contribution in [0.4, 0.5) is 4.79 Å². The minimum Gasteiger partial charge on any atom is -0.446 e. The Bertz CT molecular complexity index is 198. The third kappa shape index (κ3) is 2.32. The van der Waals surface area contributed by atoms with Gasteiger partial charge in [0.05, 0.1) is 0 Å². The number of carbonyl (C=O) groups excluding carboxylic acids is 1. The minimum atomic E-state index is -0.171. The molecule has 2 N–H and O–H groups in total. The summed E-state index contributed by atoms with van der Waals surface area (Å²) in [7, 11) is 0. The molecule has 0 spiro atoms. The van der Waals surface area contributed by atoms with Crippen LogP contribution in [0.1, 0.15) is 12.8 Å². The number of ether oxygens (including phenoxy) is 1. The quantitative estimate of drug-likeness (QED) is 0.574. The maximum Gasteiger partial charge on any atom is 0.410 e. The van der Waals surface area contributed by atoms with E-state index in [1.165, 1.54) is 0 Å². The fraction of sp³-hybridized carbons (Fsp3) is 0.875. The lowest BCUT2D eigenvalue weighted by Gasteiger charge is -2.31. The van der Waals surface area contributed by atoms with Crippen molar-refractivity contribution in [1.29, 1.82) is 0 Å². The molecule has 0 aromatic carbocycles. The number of nitrogens with two attached hydrogens (primary N) is 1. The van der Waals surface area contributed by atoms with Crippen LogP contribution in [-0.2, 0) is 4.74 Å². The van der Waals surface area contributed by atoms with Crippen molar-refractivity contribution in [3.05, 3.63) is 0 Å². The van der Waals surface area contributed by atoms with Crippen molar-refractivity contribution in [3.8, 4) is 0 Å². The minimum absolute atomic E-state index is 0.171. The lowest BCUT2D eigenvalue weighted by Crippen LogP contribution is -2.51. The molecule has 5 heteroatoms. The van der Waals surface area contributed by atoms with Crippen LogP contribution in [-0.4, -0.2) is 48.3 Å². The van der Waals surface area contributed by atoms with E-state index in [1.807, 2.05) is 0 Å². The molecule has 1 heterocycles. The largest absolute Gasteiger partial charge is 0.446 e. The molecule has 13 heavy (non-hydrogen) atoms. The Morgan fingerprint density at radius 1 is 1.23 bits per heavy atom. The first kappa shape index (κ1) is 8.77. The number of rotatable bonds is 1. The lowest BCUT2D eigenvalue weighted by atomic mass is 10.4. The summed E-state index contributed by atoms with van der Waals surface area (Å²) >= 11 is 0. The third-order valence-corrected chi connectivity index (χ3v) is 2.36. The molecule has 2 aliphatic rings. The first-order valence-corrected chi connectivity index (χ1v) is 4.71. The molecule has 2 rings (SSSR count). The number of nitrogens with zero attached hydrogens (tertiary/aromatic N) is 2. The number of hydrogen-bond donors (Lipinski definition) is 1. The van der Waals surface area contributed by atoms with E-state index in [2.05, 4.69) is 0 Å². The standard InChI is InChI=1S/C8H15N3O2/c9-11-5-3-10(4-6-11)8(12)13-7-1-2-7/h7H,1-6,9H2. The molecule has 1 aliphatic carbocycles. The normalized spacial score (nSPS) is 24.5. The summed E-state index contributed by atoms with van der Waals surface area (Å²) in [5.41, 5.74) is 0. The summed E-state index contributed by atoms with van der Waals surface area (Å²) in [6, 6.07) is 0. The molecule has 1 saturated heterocycles. The van der Waals surface area contributed by atoms with E-state index in [0.717, 1.165) is 25.9 Å². The van der Waals surface area contributed by atoms with Crippen molar-refractivity contribution in [1.82, 2.24) is 9.91 Å². The van der Waals surface area contributed by atoms with Crippen LogP contribution in [0.2, 0.25) is 0 Å². The van der Waals surface area contributed by atoms with Crippen molar-refractivity contribution < 1.29 is 9.53 Å². The number of hydrazine groups is 1. The molecule has 0 atom stereocenters. The summed E-state index contributed by atoms with van der Waals surface area (Å²) < 4.78 is 5.16. The van der Waals surface area contributed by atoms with E-state index in [4.69, 9.17) is 10.6 Å². The highest BCUT2D eigenvalue weighted by Gasteiger charge is 2.29. The van der Waals surface area contributed by atoms with E-state index in [-0.39, 0.29) is 12.2 Å². The fourth-order valence-electron chi connectivity index (χ4n) is 1.31. The van der Waals surface area contributed by atoms with Crippen LogP contribution in [0.3, 0.4) is 0 Å². The highest BCUT2D eigenvalue weighted by molar-refractivity contribution is 5.68. The smallest absolute Gasteiger partial charge is 0.410 e. The van der Waals surface area contributed by atoms with Gasteiger partial charge in [0, 0.05) is 26.2 Å². The van der Waals surface area contributed by atoms with Gasteiger partial charge in [0.25, 0.3) is 0 Å². The van der Waals surface area contributed by atoms with Gasteiger partial charge in [-0.05, 0) is 12.8 Å².